The second-order valence-corrected chi connectivity index (χ2v) is 8.34. The zero-order chi connectivity index (χ0) is 21.4. The average molecular weight is 441 g/mol. The lowest BCUT2D eigenvalue weighted by molar-refractivity contribution is -0.115. The van der Waals surface area contributed by atoms with Gasteiger partial charge >= 0.3 is 0 Å². The van der Waals surface area contributed by atoms with Gasteiger partial charge in [-0.1, -0.05) is 29.3 Å². The highest BCUT2D eigenvalue weighted by molar-refractivity contribution is 8.18. The van der Waals surface area contributed by atoms with E-state index in [-0.39, 0.29) is 11.7 Å². The molecular formula is C22H18ClFN4OS. The van der Waals surface area contributed by atoms with Crippen LogP contribution in [-0.2, 0) is 4.79 Å². The van der Waals surface area contributed by atoms with Crippen molar-refractivity contribution in [3.8, 4) is 5.69 Å². The van der Waals surface area contributed by atoms with Gasteiger partial charge in [0.25, 0.3) is 5.91 Å². The number of carbonyl (C=O) groups excluding carboxylic acids is 1. The first-order valence-electron chi connectivity index (χ1n) is 9.20. The summed E-state index contributed by atoms with van der Waals surface area (Å²) in [6, 6.07) is 11.8. The van der Waals surface area contributed by atoms with Gasteiger partial charge in [0.2, 0.25) is 0 Å². The molecule has 2 aromatic carbocycles. The molecule has 1 aliphatic rings. The Labute approximate surface area is 182 Å². The number of hydrogen-bond acceptors (Lipinski definition) is 4. The molecule has 0 bridgehead atoms. The van der Waals surface area contributed by atoms with E-state index in [1.54, 1.807) is 25.1 Å². The van der Waals surface area contributed by atoms with Gasteiger partial charge in [0.1, 0.15) is 11.0 Å². The number of carbonyl (C=O) groups is 1. The second kappa shape index (κ2) is 8.08. The standard InChI is InChI=1S/C22H18ClFN4OS/c1-12-4-9-18(13(2)10-12)25-22-26-21(29)19(30-22)11-17-14(3)27-28(20(17)23)16-7-5-15(24)6-8-16/h4-11H,1-3H3,(H,25,26,29)/b19-11-. The highest BCUT2D eigenvalue weighted by atomic mass is 35.5. The Morgan fingerprint density at radius 2 is 1.90 bits per heavy atom. The minimum atomic E-state index is -0.337. The number of amidine groups is 1. The molecule has 0 aliphatic carbocycles. The molecule has 0 unspecified atom stereocenters. The molecule has 30 heavy (non-hydrogen) atoms. The highest BCUT2D eigenvalue weighted by Gasteiger charge is 2.25. The largest absolute Gasteiger partial charge is 0.300 e. The fourth-order valence-corrected chi connectivity index (χ4v) is 4.22. The lowest BCUT2D eigenvalue weighted by Crippen LogP contribution is -2.19. The number of nitrogens with one attached hydrogen (secondary N) is 1. The summed E-state index contributed by atoms with van der Waals surface area (Å²) in [5.41, 5.74) is 4.92. The summed E-state index contributed by atoms with van der Waals surface area (Å²) in [7, 11) is 0. The molecule has 152 valence electrons. The first-order chi connectivity index (χ1) is 14.3. The SMILES string of the molecule is Cc1ccc(N=C2NC(=O)/C(=C/c3c(C)nn(-c4ccc(F)cc4)c3Cl)S2)c(C)c1. The summed E-state index contributed by atoms with van der Waals surface area (Å²) < 4.78 is 14.7. The molecule has 1 amide bonds. The number of aryl methyl sites for hydroxylation is 3. The van der Waals surface area contributed by atoms with Gasteiger partial charge < -0.3 is 5.32 Å². The van der Waals surface area contributed by atoms with Gasteiger partial charge in [-0.05, 0) is 74.5 Å². The fourth-order valence-electron chi connectivity index (χ4n) is 3.08. The van der Waals surface area contributed by atoms with Gasteiger partial charge in [0.15, 0.2) is 5.17 Å². The monoisotopic (exact) mass is 440 g/mol. The number of nitrogens with zero attached hydrogens (tertiary/aromatic N) is 3. The van der Waals surface area contributed by atoms with E-state index in [1.807, 2.05) is 32.0 Å². The summed E-state index contributed by atoms with van der Waals surface area (Å²) in [6.07, 6.45) is 1.70. The minimum Gasteiger partial charge on any atom is -0.300 e. The maximum Gasteiger partial charge on any atom is 0.264 e. The smallest absolute Gasteiger partial charge is 0.264 e. The summed E-state index contributed by atoms with van der Waals surface area (Å²) in [4.78, 5) is 17.5. The van der Waals surface area contributed by atoms with Crippen LogP contribution in [0.3, 0.4) is 0 Å². The normalized spacial score (nSPS) is 16.5. The van der Waals surface area contributed by atoms with Crippen LogP contribution in [0.2, 0.25) is 5.15 Å². The molecule has 0 saturated carbocycles. The van der Waals surface area contributed by atoms with Gasteiger partial charge in [-0.3, -0.25) is 4.79 Å². The molecule has 0 atom stereocenters. The topological polar surface area (TPSA) is 59.3 Å². The third-order valence-corrected chi connectivity index (χ3v) is 5.89. The van der Waals surface area contributed by atoms with Crippen molar-refractivity contribution >= 4 is 46.2 Å². The Morgan fingerprint density at radius 3 is 2.60 bits per heavy atom. The maximum absolute atomic E-state index is 13.2. The first-order valence-corrected chi connectivity index (χ1v) is 10.4. The van der Waals surface area contributed by atoms with Crippen LogP contribution in [0.15, 0.2) is 52.4 Å². The third-order valence-electron chi connectivity index (χ3n) is 4.62. The van der Waals surface area contributed by atoms with Gasteiger partial charge in [0, 0.05) is 5.56 Å². The van der Waals surface area contributed by atoms with Crippen LogP contribution in [0.4, 0.5) is 10.1 Å². The lowest BCUT2D eigenvalue weighted by Gasteiger charge is -2.02. The average Bonchev–Trinajstić information content (AvgIpc) is 3.18. The molecule has 0 spiro atoms. The molecule has 3 aromatic rings. The molecule has 1 N–H and O–H groups in total. The Kier molecular flexibility index (Phi) is 5.49. The van der Waals surface area contributed by atoms with Gasteiger partial charge in [-0.15, -0.1) is 0 Å². The molecule has 1 aromatic heterocycles. The van der Waals surface area contributed by atoms with Crippen LogP contribution in [-0.4, -0.2) is 20.9 Å². The van der Waals surface area contributed by atoms with Gasteiger partial charge in [-0.2, -0.15) is 5.10 Å². The Morgan fingerprint density at radius 1 is 1.17 bits per heavy atom. The van der Waals surface area contributed by atoms with Crippen LogP contribution in [0, 0.1) is 26.6 Å². The van der Waals surface area contributed by atoms with E-state index in [4.69, 9.17) is 11.6 Å². The molecule has 0 radical (unpaired) electrons. The van der Waals surface area contributed by atoms with E-state index < -0.39 is 0 Å². The van der Waals surface area contributed by atoms with Crippen LogP contribution in [0.5, 0.6) is 0 Å². The van der Waals surface area contributed by atoms with Crippen molar-refractivity contribution in [2.75, 3.05) is 0 Å². The number of benzene rings is 2. The second-order valence-electron chi connectivity index (χ2n) is 6.95. The molecular weight excluding hydrogens is 423 g/mol. The van der Waals surface area contributed by atoms with E-state index in [0.717, 1.165) is 16.8 Å². The number of halogens is 2. The van der Waals surface area contributed by atoms with E-state index in [9.17, 15) is 9.18 Å². The molecule has 4 rings (SSSR count). The van der Waals surface area contributed by atoms with Crippen molar-refractivity contribution in [2.24, 2.45) is 4.99 Å². The number of amides is 1. The van der Waals surface area contributed by atoms with Gasteiger partial charge in [0.05, 0.1) is 22.0 Å². The molecule has 1 aliphatic heterocycles. The van der Waals surface area contributed by atoms with Crippen molar-refractivity contribution in [1.29, 1.82) is 0 Å². The van der Waals surface area contributed by atoms with E-state index in [0.29, 0.717) is 32.2 Å². The zero-order valence-corrected chi connectivity index (χ0v) is 18.1. The van der Waals surface area contributed by atoms with E-state index in [1.165, 1.54) is 28.6 Å². The fraction of sp³-hybridized carbons (Fsp3) is 0.136. The van der Waals surface area contributed by atoms with Crippen molar-refractivity contribution in [2.45, 2.75) is 20.8 Å². The van der Waals surface area contributed by atoms with Gasteiger partial charge in [-0.25, -0.2) is 14.1 Å². The summed E-state index contributed by atoms with van der Waals surface area (Å²) in [5, 5.41) is 8.08. The molecule has 5 nitrogen and oxygen atoms in total. The number of hydrogen-bond donors (Lipinski definition) is 1. The quantitative estimate of drug-likeness (QED) is 0.548. The number of aromatic nitrogens is 2. The predicted molar refractivity (Wildman–Crippen MR) is 120 cm³/mol. The van der Waals surface area contributed by atoms with Crippen LogP contribution in [0.25, 0.3) is 11.8 Å². The number of rotatable bonds is 3. The number of thioether (sulfide) groups is 1. The number of aliphatic imine (C=N–C) groups is 1. The van der Waals surface area contributed by atoms with Crippen molar-refractivity contribution in [3.63, 3.8) is 0 Å². The molecule has 2 heterocycles. The molecule has 8 heteroatoms. The summed E-state index contributed by atoms with van der Waals surface area (Å²) in [6.45, 7) is 5.81. The van der Waals surface area contributed by atoms with Crippen LogP contribution in [0.1, 0.15) is 22.4 Å². The lowest BCUT2D eigenvalue weighted by atomic mass is 10.1. The summed E-state index contributed by atoms with van der Waals surface area (Å²) in [5.74, 6) is -0.579. The Bertz CT molecular complexity index is 1210. The van der Waals surface area contributed by atoms with Crippen LogP contribution < -0.4 is 5.32 Å². The molecule has 1 fully saturated rings. The molecule has 1 saturated heterocycles. The third kappa shape index (κ3) is 4.04. The van der Waals surface area contributed by atoms with E-state index >= 15 is 0 Å². The minimum absolute atomic E-state index is 0.242. The van der Waals surface area contributed by atoms with Crippen molar-refractivity contribution in [1.82, 2.24) is 15.1 Å². The maximum atomic E-state index is 13.2. The van der Waals surface area contributed by atoms with E-state index in [2.05, 4.69) is 15.4 Å². The highest BCUT2D eigenvalue weighted by Crippen LogP contribution is 2.32. The van der Waals surface area contributed by atoms with Crippen molar-refractivity contribution < 1.29 is 9.18 Å². The van der Waals surface area contributed by atoms with Crippen molar-refractivity contribution in [3.05, 3.63) is 80.7 Å². The van der Waals surface area contributed by atoms with Crippen LogP contribution >= 0.6 is 23.4 Å². The predicted octanol–water partition coefficient (Wildman–Crippen LogP) is 5.48. The Hall–Kier alpha value is -2.90. The summed E-state index contributed by atoms with van der Waals surface area (Å²) >= 11 is 7.77. The zero-order valence-electron chi connectivity index (χ0n) is 16.5. The first kappa shape index (κ1) is 20.4. The Balaban J connectivity index is 1.65.